The van der Waals surface area contributed by atoms with Crippen LogP contribution < -0.4 is 0 Å². The molecular formula is C21H27NO2. The highest BCUT2D eigenvalue weighted by atomic mass is 16.6. The van der Waals surface area contributed by atoms with Gasteiger partial charge in [0.2, 0.25) is 5.78 Å². The molecule has 1 aromatic carbocycles. The van der Waals surface area contributed by atoms with E-state index in [2.05, 4.69) is 25.9 Å². The molecule has 0 radical (unpaired) electrons. The maximum absolute atomic E-state index is 12.8. The molecule has 1 aliphatic carbocycles. The van der Waals surface area contributed by atoms with Crippen LogP contribution >= 0.6 is 0 Å². The molecule has 0 fully saturated rings. The summed E-state index contributed by atoms with van der Waals surface area (Å²) in [4.78, 5) is 18.2. The van der Waals surface area contributed by atoms with E-state index in [9.17, 15) is 4.79 Å². The number of ketones is 1. The lowest BCUT2D eigenvalue weighted by atomic mass is 9.74. The van der Waals surface area contributed by atoms with Crippen molar-refractivity contribution in [1.82, 2.24) is 0 Å². The van der Waals surface area contributed by atoms with Crippen molar-refractivity contribution in [2.24, 2.45) is 16.0 Å². The second kappa shape index (κ2) is 6.76. The largest absolute Gasteiger partial charge is 0.390 e. The third-order valence-corrected chi connectivity index (χ3v) is 3.98. The molecule has 24 heavy (non-hydrogen) atoms. The van der Waals surface area contributed by atoms with Crippen LogP contribution in [0.25, 0.3) is 0 Å². The average Bonchev–Trinajstić information content (AvgIpc) is 2.47. The Kier molecular flexibility index (Phi) is 5.12. The lowest BCUT2D eigenvalue weighted by molar-refractivity contribution is -0.110. The zero-order valence-electron chi connectivity index (χ0n) is 15.5. The lowest BCUT2D eigenvalue weighted by Gasteiger charge is -2.29. The number of carbonyl (C=O) groups is 1. The molecule has 0 spiro atoms. The second-order valence-corrected chi connectivity index (χ2v) is 8.22. The predicted octanol–water partition coefficient (Wildman–Crippen LogP) is 5.09. The van der Waals surface area contributed by atoms with Crippen LogP contribution in [-0.2, 0) is 16.2 Å². The number of nitrogens with zero attached hydrogens (tertiary/aromatic N) is 1. The quantitative estimate of drug-likeness (QED) is 0.574. The zero-order chi connectivity index (χ0) is 18.0. The molecule has 3 nitrogen and oxygen atoms in total. The minimum atomic E-state index is -0.234. The summed E-state index contributed by atoms with van der Waals surface area (Å²) < 4.78 is 0. The molecule has 2 rings (SSSR count). The molecule has 128 valence electrons. The SMILES string of the molecule is CC(C)(C)C1=CC(=NOCc2ccccc2)C(=O)C(C(C)(C)C)=C1. The number of rotatable bonds is 3. The monoisotopic (exact) mass is 325 g/mol. The molecule has 0 heterocycles. The average molecular weight is 325 g/mol. The fourth-order valence-corrected chi connectivity index (χ4v) is 2.42. The third-order valence-electron chi connectivity index (χ3n) is 3.98. The van der Waals surface area contributed by atoms with Gasteiger partial charge < -0.3 is 4.84 Å². The molecule has 0 atom stereocenters. The zero-order valence-corrected chi connectivity index (χ0v) is 15.5. The van der Waals surface area contributed by atoms with Crippen molar-refractivity contribution in [3.05, 3.63) is 59.2 Å². The number of allylic oxidation sites excluding steroid dienone is 4. The van der Waals surface area contributed by atoms with Crippen LogP contribution in [0.2, 0.25) is 0 Å². The first kappa shape index (κ1) is 18.2. The summed E-state index contributed by atoms with van der Waals surface area (Å²) in [6, 6.07) is 9.81. The van der Waals surface area contributed by atoms with Gasteiger partial charge in [-0.15, -0.1) is 0 Å². The van der Waals surface area contributed by atoms with Crippen molar-refractivity contribution in [3.63, 3.8) is 0 Å². The Hall–Kier alpha value is -2.16. The second-order valence-electron chi connectivity index (χ2n) is 8.22. The van der Waals surface area contributed by atoms with Gasteiger partial charge in [-0.3, -0.25) is 4.79 Å². The van der Waals surface area contributed by atoms with Crippen LogP contribution in [0, 0.1) is 10.8 Å². The van der Waals surface area contributed by atoms with Gasteiger partial charge in [0.1, 0.15) is 6.61 Å². The van der Waals surface area contributed by atoms with Gasteiger partial charge in [0.25, 0.3) is 0 Å². The van der Waals surface area contributed by atoms with Crippen molar-refractivity contribution in [3.8, 4) is 0 Å². The van der Waals surface area contributed by atoms with Gasteiger partial charge in [0.05, 0.1) is 0 Å². The lowest BCUT2D eigenvalue weighted by Crippen LogP contribution is -2.29. The molecule has 0 amide bonds. The number of hydrogen-bond donors (Lipinski definition) is 0. The van der Waals surface area contributed by atoms with E-state index in [1.54, 1.807) is 0 Å². The molecule has 0 aromatic heterocycles. The summed E-state index contributed by atoms with van der Waals surface area (Å²) in [5.74, 6) is -0.0523. The van der Waals surface area contributed by atoms with E-state index < -0.39 is 0 Å². The van der Waals surface area contributed by atoms with Gasteiger partial charge in [-0.1, -0.05) is 83.1 Å². The summed E-state index contributed by atoms with van der Waals surface area (Å²) in [6.45, 7) is 12.9. The van der Waals surface area contributed by atoms with Crippen molar-refractivity contribution in [2.45, 2.75) is 48.1 Å². The Balaban J connectivity index is 2.28. The summed E-state index contributed by atoms with van der Waals surface area (Å²) in [7, 11) is 0. The molecule has 0 saturated carbocycles. The fourth-order valence-electron chi connectivity index (χ4n) is 2.42. The van der Waals surface area contributed by atoms with Gasteiger partial charge in [-0.05, 0) is 28.0 Å². The van der Waals surface area contributed by atoms with E-state index in [0.717, 1.165) is 16.7 Å². The first-order valence-electron chi connectivity index (χ1n) is 8.32. The molecule has 0 aliphatic heterocycles. The van der Waals surface area contributed by atoms with E-state index in [-0.39, 0.29) is 16.6 Å². The number of carbonyl (C=O) groups excluding carboxylic acids is 1. The Morgan fingerprint density at radius 1 is 0.917 bits per heavy atom. The minimum absolute atomic E-state index is 0.0523. The Labute approximate surface area is 145 Å². The van der Waals surface area contributed by atoms with Gasteiger partial charge in [-0.25, -0.2) is 0 Å². The van der Waals surface area contributed by atoms with Crippen molar-refractivity contribution in [1.29, 1.82) is 0 Å². The molecule has 0 saturated heterocycles. The van der Waals surface area contributed by atoms with Crippen LogP contribution in [0.3, 0.4) is 0 Å². The summed E-state index contributed by atoms with van der Waals surface area (Å²) in [5.41, 5.74) is 2.98. The van der Waals surface area contributed by atoms with Crippen LogP contribution in [-0.4, -0.2) is 11.5 Å². The van der Waals surface area contributed by atoms with Gasteiger partial charge in [0, 0.05) is 5.57 Å². The maximum Gasteiger partial charge on any atom is 0.211 e. The summed E-state index contributed by atoms with van der Waals surface area (Å²) >= 11 is 0. The molecule has 1 aliphatic rings. The van der Waals surface area contributed by atoms with Crippen LogP contribution in [0.1, 0.15) is 47.1 Å². The topological polar surface area (TPSA) is 38.7 Å². The highest BCUT2D eigenvalue weighted by Crippen LogP contribution is 2.36. The third kappa shape index (κ3) is 4.44. The van der Waals surface area contributed by atoms with Crippen LogP contribution in [0.15, 0.2) is 58.8 Å². The van der Waals surface area contributed by atoms with Crippen molar-refractivity contribution >= 4 is 11.5 Å². The van der Waals surface area contributed by atoms with E-state index in [4.69, 9.17) is 4.84 Å². The predicted molar refractivity (Wildman–Crippen MR) is 98.7 cm³/mol. The standard InChI is InChI=1S/C21H27NO2/c1-20(2,3)16-12-17(21(4,5)6)19(23)18(13-16)22-24-14-15-10-8-7-9-11-15/h7-13H,14H2,1-6H3. The smallest absolute Gasteiger partial charge is 0.211 e. The normalized spacial score (nSPS) is 17.6. The van der Waals surface area contributed by atoms with Crippen LogP contribution in [0.5, 0.6) is 0 Å². The first-order valence-corrected chi connectivity index (χ1v) is 8.32. The van der Waals surface area contributed by atoms with E-state index in [1.165, 1.54) is 0 Å². The highest BCUT2D eigenvalue weighted by molar-refractivity contribution is 6.50. The molecule has 0 N–H and O–H groups in total. The maximum atomic E-state index is 12.8. The molecule has 1 aromatic rings. The van der Waals surface area contributed by atoms with E-state index in [1.807, 2.05) is 63.3 Å². The molecule has 0 unspecified atom stereocenters. The van der Waals surface area contributed by atoms with E-state index in [0.29, 0.717) is 12.3 Å². The molecule has 0 bridgehead atoms. The number of hydrogen-bond acceptors (Lipinski definition) is 3. The Morgan fingerprint density at radius 2 is 1.54 bits per heavy atom. The molecular weight excluding hydrogens is 298 g/mol. The summed E-state index contributed by atoms with van der Waals surface area (Å²) in [6.07, 6.45) is 3.86. The van der Waals surface area contributed by atoms with Crippen molar-refractivity contribution < 1.29 is 9.63 Å². The number of benzene rings is 1. The first-order chi connectivity index (χ1) is 11.1. The Morgan fingerprint density at radius 3 is 2.08 bits per heavy atom. The number of Topliss-reactive ketones (excluding diaryl/α,β-unsaturated/α-hetero) is 1. The summed E-state index contributed by atoms with van der Waals surface area (Å²) in [5, 5.41) is 4.14. The van der Waals surface area contributed by atoms with Gasteiger partial charge in [0.15, 0.2) is 5.71 Å². The fraction of sp³-hybridized carbons (Fsp3) is 0.429. The van der Waals surface area contributed by atoms with Gasteiger partial charge >= 0.3 is 0 Å². The van der Waals surface area contributed by atoms with Crippen LogP contribution in [0.4, 0.5) is 0 Å². The van der Waals surface area contributed by atoms with Gasteiger partial charge in [-0.2, -0.15) is 0 Å². The van der Waals surface area contributed by atoms with E-state index >= 15 is 0 Å². The van der Waals surface area contributed by atoms with Crippen molar-refractivity contribution in [2.75, 3.05) is 0 Å². The molecule has 3 heteroatoms. The minimum Gasteiger partial charge on any atom is -0.390 e. The highest BCUT2D eigenvalue weighted by Gasteiger charge is 2.32. The number of oxime groups is 1. The Bertz CT molecular complexity index is 696.